The van der Waals surface area contributed by atoms with Crippen molar-refractivity contribution in [1.29, 1.82) is 5.26 Å². The van der Waals surface area contributed by atoms with Gasteiger partial charge < -0.3 is 10.1 Å². The van der Waals surface area contributed by atoms with Crippen LogP contribution in [0.25, 0.3) is 10.9 Å². The fourth-order valence-electron chi connectivity index (χ4n) is 3.31. The number of aromatic nitrogens is 3. The Kier molecular flexibility index (Phi) is 4.95. The Bertz CT molecular complexity index is 1160. The van der Waals surface area contributed by atoms with E-state index in [0.29, 0.717) is 28.6 Å². The summed E-state index contributed by atoms with van der Waals surface area (Å²) in [6, 6.07) is 5.36. The van der Waals surface area contributed by atoms with Crippen molar-refractivity contribution in [2.75, 3.05) is 4.72 Å². The van der Waals surface area contributed by atoms with E-state index >= 15 is 0 Å². The number of aryl methyl sites for hydroxylation is 1. The van der Waals surface area contributed by atoms with Crippen molar-refractivity contribution in [2.45, 2.75) is 50.7 Å². The molecule has 148 valence electrons. The Morgan fingerprint density at radius 2 is 2.14 bits per heavy atom. The first-order valence-electron chi connectivity index (χ1n) is 8.82. The molecule has 0 radical (unpaired) electrons. The summed E-state index contributed by atoms with van der Waals surface area (Å²) in [5.74, 6) is 0. The first kappa shape index (κ1) is 19.9. The van der Waals surface area contributed by atoms with E-state index < -0.39 is 15.6 Å². The van der Waals surface area contributed by atoms with Crippen LogP contribution in [0.4, 0.5) is 5.69 Å². The summed E-state index contributed by atoms with van der Waals surface area (Å²) in [7, 11) is -3.87. The van der Waals surface area contributed by atoms with Gasteiger partial charge in [-0.1, -0.05) is 6.07 Å². The zero-order chi connectivity index (χ0) is 20.7. The van der Waals surface area contributed by atoms with Crippen molar-refractivity contribution in [3.05, 3.63) is 41.9 Å². The smallest absolute Gasteiger partial charge is 0.265 e. The molecule has 0 aliphatic carbocycles. The van der Waals surface area contributed by atoms with Gasteiger partial charge in [0.05, 0.1) is 34.6 Å². The maximum atomic E-state index is 12.8. The number of aliphatic hydroxyl groups is 1. The number of hydrogen-bond acceptors (Lipinski definition) is 5. The summed E-state index contributed by atoms with van der Waals surface area (Å²) in [6.45, 7) is 7.12. The van der Waals surface area contributed by atoms with Crippen LogP contribution in [0.2, 0.25) is 0 Å². The molecule has 28 heavy (non-hydrogen) atoms. The van der Waals surface area contributed by atoms with Crippen LogP contribution in [0.3, 0.4) is 0 Å². The van der Waals surface area contributed by atoms with Gasteiger partial charge in [-0.05, 0) is 45.7 Å². The summed E-state index contributed by atoms with van der Waals surface area (Å²) < 4.78 is 29.8. The fourth-order valence-corrected chi connectivity index (χ4v) is 4.32. The number of anilines is 1. The lowest BCUT2D eigenvalue weighted by Crippen LogP contribution is -2.24. The van der Waals surface area contributed by atoms with Gasteiger partial charge in [-0.3, -0.25) is 9.40 Å². The molecule has 0 spiro atoms. The number of hydrogen-bond donors (Lipinski definition) is 3. The predicted octanol–water partition coefficient (Wildman–Crippen LogP) is 3.07. The molecule has 8 nitrogen and oxygen atoms in total. The van der Waals surface area contributed by atoms with Gasteiger partial charge in [0.2, 0.25) is 0 Å². The molecule has 2 heterocycles. The molecule has 0 saturated carbocycles. The largest absolute Gasteiger partial charge is 0.390 e. The van der Waals surface area contributed by atoms with Crippen LogP contribution < -0.4 is 4.72 Å². The molecule has 0 bridgehead atoms. The Labute approximate surface area is 163 Å². The van der Waals surface area contributed by atoms with Crippen LogP contribution in [0.1, 0.15) is 44.4 Å². The number of sulfonamides is 1. The number of nitriles is 1. The standard InChI is InChI=1S/C19H23N5O3S/c1-12-5-6-16(18-17(12)14(8-20)9-21-18)23-28(26,27)15-10-22-24(11-15)13(2)7-19(3,4)25/h5-6,9-11,13,21,23,25H,7H2,1-4H3. The minimum atomic E-state index is -3.87. The van der Waals surface area contributed by atoms with E-state index in [4.69, 9.17) is 0 Å². The molecular formula is C19H23N5O3S. The monoisotopic (exact) mass is 401 g/mol. The van der Waals surface area contributed by atoms with Crippen LogP contribution in [0.5, 0.6) is 0 Å². The first-order chi connectivity index (χ1) is 13.0. The van der Waals surface area contributed by atoms with Crippen molar-refractivity contribution >= 4 is 26.6 Å². The van der Waals surface area contributed by atoms with Crippen molar-refractivity contribution in [1.82, 2.24) is 14.8 Å². The van der Waals surface area contributed by atoms with E-state index in [-0.39, 0.29) is 10.9 Å². The fraction of sp³-hybridized carbons (Fsp3) is 0.368. The number of H-pyrrole nitrogens is 1. The van der Waals surface area contributed by atoms with E-state index in [0.717, 1.165) is 5.56 Å². The van der Waals surface area contributed by atoms with Gasteiger partial charge in [0.25, 0.3) is 10.0 Å². The molecule has 2 aromatic heterocycles. The van der Waals surface area contributed by atoms with Gasteiger partial charge >= 0.3 is 0 Å². The molecule has 3 aromatic rings. The number of aromatic amines is 1. The molecule has 0 aliphatic heterocycles. The van der Waals surface area contributed by atoms with E-state index in [1.54, 1.807) is 32.2 Å². The van der Waals surface area contributed by atoms with E-state index in [1.165, 1.54) is 17.1 Å². The van der Waals surface area contributed by atoms with Crippen molar-refractivity contribution in [3.63, 3.8) is 0 Å². The highest BCUT2D eigenvalue weighted by Crippen LogP contribution is 2.30. The number of fused-ring (bicyclic) bond motifs is 1. The number of rotatable bonds is 6. The molecule has 3 N–H and O–H groups in total. The van der Waals surface area contributed by atoms with Gasteiger partial charge in [-0.2, -0.15) is 10.4 Å². The Balaban J connectivity index is 1.92. The maximum Gasteiger partial charge on any atom is 0.265 e. The second kappa shape index (κ2) is 6.96. The van der Waals surface area contributed by atoms with Gasteiger partial charge in [-0.15, -0.1) is 0 Å². The van der Waals surface area contributed by atoms with Gasteiger partial charge in [0, 0.05) is 17.8 Å². The van der Waals surface area contributed by atoms with Gasteiger partial charge in [-0.25, -0.2) is 8.42 Å². The zero-order valence-corrected chi connectivity index (χ0v) is 17.0. The average Bonchev–Trinajstić information content (AvgIpc) is 3.23. The normalized spacial score (nSPS) is 13.4. The van der Waals surface area contributed by atoms with Crippen LogP contribution >= 0.6 is 0 Å². The van der Waals surface area contributed by atoms with Crippen LogP contribution in [0.15, 0.2) is 35.6 Å². The number of benzene rings is 1. The van der Waals surface area contributed by atoms with Crippen LogP contribution in [-0.2, 0) is 10.0 Å². The second-order valence-electron chi connectivity index (χ2n) is 7.62. The Morgan fingerprint density at radius 1 is 1.43 bits per heavy atom. The van der Waals surface area contributed by atoms with E-state index in [2.05, 4.69) is 20.9 Å². The van der Waals surface area contributed by atoms with Crippen molar-refractivity contribution in [2.24, 2.45) is 0 Å². The highest BCUT2D eigenvalue weighted by molar-refractivity contribution is 7.92. The van der Waals surface area contributed by atoms with Gasteiger partial charge in [0.1, 0.15) is 11.0 Å². The summed E-state index contributed by atoms with van der Waals surface area (Å²) in [5, 5.41) is 24.0. The molecule has 3 rings (SSSR count). The van der Waals surface area contributed by atoms with E-state index in [9.17, 15) is 18.8 Å². The van der Waals surface area contributed by atoms with Crippen molar-refractivity contribution in [3.8, 4) is 6.07 Å². The lowest BCUT2D eigenvalue weighted by atomic mass is 10.0. The average molecular weight is 401 g/mol. The first-order valence-corrected chi connectivity index (χ1v) is 10.3. The minimum absolute atomic E-state index is 0.0240. The number of nitrogens with one attached hydrogen (secondary N) is 2. The third-order valence-electron chi connectivity index (χ3n) is 4.54. The summed E-state index contributed by atoms with van der Waals surface area (Å²) in [4.78, 5) is 3.00. The third kappa shape index (κ3) is 3.88. The quantitative estimate of drug-likeness (QED) is 0.585. The van der Waals surface area contributed by atoms with Crippen molar-refractivity contribution < 1.29 is 13.5 Å². The summed E-state index contributed by atoms with van der Waals surface area (Å²) in [6.07, 6.45) is 4.72. The highest BCUT2D eigenvalue weighted by atomic mass is 32.2. The molecule has 1 unspecified atom stereocenters. The molecule has 0 amide bonds. The summed E-state index contributed by atoms with van der Waals surface area (Å²) >= 11 is 0. The molecule has 0 aliphatic rings. The molecule has 1 aromatic carbocycles. The molecule has 0 fully saturated rings. The molecule has 1 atom stereocenters. The lowest BCUT2D eigenvalue weighted by Gasteiger charge is -2.22. The summed E-state index contributed by atoms with van der Waals surface area (Å²) in [5.41, 5.74) is 1.37. The Hall–Kier alpha value is -2.83. The minimum Gasteiger partial charge on any atom is -0.390 e. The topological polar surface area (TPSA) is 124 Å². The molecule has 9 heteroatoms. The Morgan fingerprint density at radius 3 is 2.79 bits per heavy atom. The highest BCUT2D eigenvalue weighted by Gasteiger charge is 2.23. The number of nitrogens with zero attached hydrogens (tertiary/aromatic N) is 3. The predicted molar refractivity (Wildman–Crippen MR) is 106 cm³/mol. The molecule has 0 saturated heterocycles. The van der Waals surface area contributed by atoms with Crippen LogP contribution in [0, 0.1) is 18.3 Å². The second-order valence-corrected chi connectivity index (χ2v) is 9.30. The maximum absolute atomic E-state index is 12.8. The third-order valence-corrected chi connectivity index (χ3v) is 5.86. The van der Waals surface area contributed by atoms with Gasteiger partial charge in [0.15, 0.2) is 0 Å². The molecular weight excluding hydrogens is 378 g/mol. The van der Waals surface area contributed by atoms with E-state index in [1.807, 2.05) is 13.8 Å². The lowest BCUT2D eigenvalue weighted by molar-refractivity contribution is 0.0552. The van der Waals surface area contributed by atoms with Crippen LogP contribution in [-0.4, -0.2) is 33.9 Å². The zero-order valence-electron chi connectivity index (χ0n) is 16.2. The SMILES string of the molecule is Cc1ccc(NS(=O)(=O)c2cnn(C(C)CC(C)(C)O)c2)c2[nH]cc(C#N)c12.